The van der Waals surface area contributed by atoms with Gasteiger partial charge in [0.25, 0.3) is 5.91 Å². The molecule has 0 aromatic carbocycles. The van der Waals surface area contributed by atoms with Gasteiger partial charge in [-0.05, 0) is 13.0 Å². The van der Waals surface area contributed by atoms with Crippen molar-refractivity contribution in [2.24, 2.45) is 5.73 Å². The van der Waals surface area contributed by atoms with E-state index in [4.69, 9.17) is 21.5 Å². The third kappa shape index (κ3) is 2.14. The molecular formula is C9H10N4O2. The molecule has 0 radical (unpaired) electrons. The third-order valence-corrected chi connectivity index (χ3v) is 1.68. The molecule has 0 saturated heterocycles. The summed E-state index contributed by atoms with van der Waals surface area (Å²) in [5.41, 5.74) is 10.7. The number of amides is 1. The quantitative estimate of drug-likeness (QED) is 0.724. The zero-order valence-electron chi connectivity index (χ0n) is 8.15. The number of primary amides is 1. The third-order valence-electron chi connectivity index (χ3n) is 1.68. The van der Waals surface area contributed by atoms with E-state index in [0.29, 0.717) is 6.61 Å². The van der Waals surface area contributed by atoms with E-state index in [1.54, 1.807) is 6.92 Å². The minimum absolute atomic E-state index is 0.0232. The van der Waals surface area contributed by atoms with Crippen molar-refractivity contribution in [3.8, 4) is 11.9 Å². The van der Waals surface area contributed by atoms with Gasteiger partial charge in [0.05, 0.1) is 12.2 Å². The molecule has 0 aliphatic carbocycles. The molecule has 15 heavy (non-hydrogen) atoms. The van der Waals surface area contributed by atoms with Crippen LogP contribution in [0.1, 0.15) is 22.8 Å². The molecular weight excluding hydrogens is 196 g/mol. The van der Waals surface area contributed by atoms with Crippen molar-refractivity contribution < 1.29 is 9.53 Å². The normalized spacial score (nSPS) is 9.33. The summed E-state index contributed by atoms with van der Waals surface area (Å²) < 4.78 is 5.08. The molecule has 0 saturated carbocycles. The first-order valence-corrected chi connectivity index (χ1v) is 4.23. The maximum Gasteiger partial charge on any atom is 0.252 e. The second-order valence-electron chi connectivity index (χ2n) is 2.68. The van der Waals surface area contributed by atoms with Crippen LogP contribution in [0.25, 0.3) is 0 Å². The molecule has 78 valence electrons. The van der Waals surface area contributed by atoms with Crippen LogP contribution in [0.4, 0.5) is 5.82 Å². The number of anilines is 1. The minimum atomic E-state index is -0.723. The van der Waals surface area contributed by atoms with Gasteiger partial charge in [-0.15, -0.1) is 0 Å². The average Bonchev–Trinajstić information content (AvgIpc) is 2.18. The molecule has 0 unspecified atom stereocenters. The highest BCUT2D eigenvalue weighted by Crippen LogP contribution is 2.20. The molecule has 0 spiro atoms. The Balaban J connectivity index is 3.30. The van der Waals surface area contributed by atoms with E-state index < -0.39 is 5.91 Å². The maximum atomic E-state index is 10.9. The van der Waals surface area contributed by atoms with Gasteiger partial charge >= 0.3 is 0 Å². The number of pyridine rings is 1. The van der Waals surface area contributed by atoms with E-state index >= 15 is 0 Å². The van der Waals surface area contributed by atoms with Crippen LogP contribution < -0.4 is 16.2 Å². The average molecular weight is 206 g/mol. The topological polar surface area (TPSA) is 115 Å². The summed E-state index contributed by atoms with van der Waals surface area (Å²) in [5, 5.41) is 8.78. The molecule has 0 bridgehead atoms. The van der Waals surface area contributed by atoms with Crippen molar-refractivity contribution in [1.82, 2.24) is 4.98 Å². The SMILES string of the molecule is CCOc1nc(N)c(C(N)=O)cc1C#N. The minimum Gasteiger partial charge on any atom is -0.477 e. The van der Waals surface area contributed by atoms with E-state index in [2.05, 4.69) is 4.98 Å². The van der Waals surface area contributed by atoms with Crippen LogP contribution in [0.15, 0.2) is 6.07 Å². The number of hydrogen-bond acceptors (Lipinski definition) is 5. The second kappa shape index (κ2) is 4.28. The van der Waals surface area contributed by atoms with E-state index in [-0.39, 0.29) is 22.8 Å². The lowest BCUT2D eigenvalue weighted by Gasteiger charge is -2.07. The summed E-state index contributed by atoms with van der Waals surface area (Å²) in [4.78, 5) is 14.7. The van der Waals surface area contributed by atoms with Gasteiger partial charge in [0.15, 0.2) is 0 Å². The fourth-order valence-electron chi connectivity index (χ4n) is 1.03. The number of aromatic nitrogens is 1. The van der Waals surface area contributed by atoms with Crippen LogP contribution in [0.5, 0.6) is 5.88 Å². The number of rotatable bonds is 3. The molecule has 1 aromatic heterocycles. The number of ether oxygens (including phenoxy) is 1. The van der Waals surface area contributed by atoms with Gasteiger partial charge in [-0.3, -0.25) is 4.79 Å². The lowest BCUT2D eigenvalue weighted by atomic mass is 10.2. The first-order chi connectivity index (χ1) is 7.10. The van der Waals surface area contributed by atoms with Gasteiger partial charge < -0.3 is 16.2 Å². The predicted molar refractivity (Wildman–Crippen MR) is 53.1 cm³/mol. The zero-order valence-corrected chi connectivity index (χ0v) is 8.15. The molecule has 1 rings (SSSR count). The van der Waals surface area contributed by atoms with Gasteiger partial charge in [0.1, 0.15) is 17.5 Å². The first-order valence-electron chi connectivity index (χ1n) is 4.23. The van der Waals surface area contributed by atoms with Gasteiger partial charge in [-0.1, -0.05) is 0 Å². The smallest absolute Gasteiger partial charge is 0.252 e. The van der Waals surface area contributed by atoms with E-state index in [9.17, 15) is 4.79 Å². The Hall–Kier alpha value is -2.29. The van der Waals surface area contributed by atoms with Crippen molar-refractivity contribution >= 4 is 11.7 Å². The number of nitrogen functional groups attached to an aromatic ring is 1. The fraction of sp³-hybridized carbons (Fsp3) is 0.222. The van der Waals surface area contributed by atoms with Crippen molar-refractivity contribution in [2.75, 3.05) is 12.3 Å². The van der Waals surface area contributed by atoms with Crippen LogP contribution in [0, 0.1) is 11.3 Å². The number of carbonyl (C=O) groups excluding carboxylic acids is 1. The van der Waals surface area contributed by atoms with Crippen molar-refractivity contribution in [2.45, 2.75) is 6.92 Å². The van der Waals surface area contributed by atoms with E-state index in [1.165, 1.54) is 6.07 Å². The Morgan fingerprint density at radius 1 is 1.73 bits per heavy atom. The van der Waals surface area contributed by atoms with Crippen LogP contribution in [0.3, 0.4) is 0 Å². The summed E-state index contributed by atoms with van der Waals surface area (Å²) in [5.74, 6) is -0.646. The molecule has 0 aliphatic heterocycles. The number of nitrogens with two attached hydrogens (primary N) is 2. The Bertz CT molecular complexity index is 436. The lowest BCUT2D eigenvalue weighted by Crippen LogP contribution is -2.15. The first kappa shape index (κ1) is 10.8. The highest BCUT2D eigenvalue weighted by molar-refractivity contribution is 5.97. The number of hydrogen-bond donors (Lipinski definition) is 2. The number of nitriles is 1. The molecule has 0 fully saturated rings. The summed E-state index contributed by atoms with van der Waals surface area (Å²) in [6.45, 7) is 2.11. The second-order valence-corrected chi connectivity index (χ2v) is 2.68. The molecule has 0 aliphatic rings. The molecule has 1 heterocycles. The summed E-state index contributed by atoms with van der Waals surface area (Å²) >= 11 is 0. The Kier molecular flexibility index (Phi) is 3.08. The zero-order chi connectivity index (χ0) is 11.4. The van der Waals surface area contributed by atoms with Crippen LogP contribution in [-0.2, 0) is 0 Å². The van der Waals surface area contributed by atoms with Crippen molar-refractivity contribution in [3.63, 3.8) is 0 Å². The number of nitrogens with zero attached hydrogens (tertiary/aromatic N) is 2. The lowest BCUT2D eigenvalue weighted by molar-refractivity contribution is 0.100. The standard InChI is InChI=1S/C9H10N4O2/c1-2-15-9-5(4-10)3-6(8(12)14)7(11)13-9/h3H,2H2,1H3,(H2,11,13)(H2,12,14). The maximum absolute atomic E-state index is 10.9. The van der Waals surface area contributed by atoms with E-state index in [1.807, 2.05) is 6.07 Å². The van der Waals surface area contributed by atoms with Gasteiger partial charge in [-0.2, -0.15) is 10.2 Å². The molecule has 4 N–H and O–H groups in total. The number of carbonyl (C=O) groups is 1. The van der Waals surface area contributed by atoms with E-state index in [0.717, 1.165) is 0 Å². The van der Waals surface area contributed by atoms with Crippen molar-refractivity contribution in [1.29, 1.82) is 5.26 Å². The predicted octanol–water partition coefficient (Wildman–Crippen LogP) is 0.0331. The highest BCUT2D eigenvalue weighted by atomic mass is 16.5. The highest BCUT2D eigenvalue weighted by Gasteiger charge is 2.13. The molecule has 6 nitrogen and oxygen atoms in total. The summed E-state index contributed by atoms with van der Waals surface area (Å²) in [6.07, 6.45) is 0. The van der Waals surface area contributed by atoms with Crippen molar-refractivity contribution in [3.05, 3.63) is 17.2 Å². The monoisotopic (exact) mass is 206 g/mol. The van der Waals surface area contributed by atoms with Gasteiger partial charge in [0.2, 0.25) is 5.88 Å². The molecule has 6 heteroatoms. The molecule has 1 amide bonds. The van der Waals surface area contributed by atoms with Crippen LogP contribution >= 0.6 is 0 Å². The fourth-order valence-corrected chi connectivity index (χ4v) is 1.03. The van der Waals surface area contributed by atoms with Gasteiger partial charge in [-0.25, -0.2) is 0 Å². The Labute approximate surface area is 86.5 Å². The molecule has 1 aromatic rings. The van der Waals surface area contributed by atoms with Gasteiger partial charge in [0, 0.05) is 0 Å². The summed E-state index contributed by atoms with van der Waals surface area (Å²) in [7, 11) is 0. The summed E-state index contributed by atoms with van der Waals surface area (Å²) in [6, 6.07) is 3.13. The van der Waals surface area contributed by atoms with Crippen LogP contribution in [0.2, 0.25) is 0 Å². The molecule has 0 atom stereocenters. The largest absolute Gasteiger partial charge is 0.477 e. The Morgan fingerprint density at radius 3 is 2.87 bits per heavy atom. The Morgan fingerprint density at radius 2 is 2.40 bits per heavy atom. The van der Waals surface area contributed by atoms with Crippen LogP contribution in [-0.4, -0.2) is 17.5 Å².